The molecule has 0 saturated carbocycles. The van der Waals surface area contributed by atoms with Gasteiger partial charge in [0.05, 0.1) is 0 Å². The highest BCUT2D eigenvalue weighted by Crippen LogP contribution is 2.19. The van der Waals surface area contributed by atoms with E-state index < -0.39 is 11.9 Å². The van der Waals surface area contributed by atoms with Crippen molar-refractivity contribution in [3.05, 3.63) is 95.0 Å². The first-order chi connectivity index (χ1) is 13.0. The molecule has 3 rings (SSSR count). The first kappa shape index (κ1) is 18.7. The molecule has 0 aliphatic rings. The highest BCUT2D eigenvalue weighted by molar-refractivity contribution is 6.30. The summed E-state index contributed by atoms with van der Waals surface area (Å²) in [6.07, 6.45) is 0.306. The number of hydrogen-bond donors (Lipinski definition) is 2. The van der Waals surface area contributed by atoms with Crippen LogP contribution in [-0.2, 0) is 11.2 Å². The predicted molar refractivity (Wildman–Crippen MR) is 107 cm³/mol. The molecule has 136 valence electrons. The van der Waals surface area contributed by atoms with Gasteiger partial charge in [0.15, 0.2) is 0 Å². The normalized spacial score (nSPS) is 11.6. The van der Waals surface area contributed by atoms with Gasteiger partial charge in [0.1, 0.15) is 6.04 Å². The Morgan fingerprint density at radius 1 is 0.852 bits per heavy atom. The van der Waals surface area contributed by atoms with Crippen molar-refractivity contribution in [2.45, 2.75) is 12.5 Å². The van der Waals surface area contributed by atoms with E-state index in [-0.39, 0.29) is 5.91 Å². The van der Waals surface area contributed by atoms with E-state index >= 15 is 0 Å². The molecule has 0 aliphatic carbocycles. The van der Waals surface area contributed by atoms with Crippen molar-refractivity contribution in [1.82, 2.24) is 5.32 Å². The number of carbonyl (C=O) groups excluding carboxylic acids is 2. The second kappa shape index (κ2) is 8.52. The topological polar surface area (TPSA) is 72.2 Å². The number of nitrogens with one attached hydrogen (secondary N) is 1. The fourth-order valence-electron chi connectivity index (χ4n) is 2.77. The summed E-state index contributed by atoms with van der Waals surface area (Å²) in [5, 5.41) is 3.32. The number of carbonyl (C=O) groups is 2. The van der Waals surface area contributed by atoms with Crippen molar-refractivity contribution in [2.24, 2.45) is 5.73 Å². The Kier molecular flexibility index (Phi) is 5.89. The van der Waals surface area contributed by atoms with E-state index in [1.165, 1.54) is 0 Å². The molecule has 0 spiro atoms. The quantitative estimate of drug-likeness (QED) is 0.684. The summed E-state index contributed by atoms with van der Waals surface area (Å²) in [6.45, 7) is 0. The van der Waals surface area contributed by atoms with Crippen LogP contribution >= 0.6 is 11.6 Å². The van der Waals surface area contributed by atoms with E-state index in [2.05, 4.69) is 5.32 Å². The van der Waals surface area contributed by atoms with Crippen molar-refractivity contribution < 1.29 is 9.59 Å². The highest BCUT2D eigenvalue weighted by Gasteiger charge is 2.19. The molecule has 4 nitrogen and oxygen atoms in total. The zero-order valence-corrected chi connectivity index (χ0v) is 15.3. The molecule has 0 aliphatic heterocycles. The smallest absolute Gasteiger partial charge is 0.251 e. The van der Waals surface area contributed by atoms with Crippen LogP contribution in [0.25, 0.3) is 11.1 Å². The minimum atomic E-state index is -0.799. The van der Waals surface area contributed by atoms with Gasteiger partial charge in [-0.2, -0.15) is 0 Å². The van der Waals surface area contributed by atoms with Gasteiger partial charge in [-0.1, -0.05) is 66.2 Å². The molecule has 1 atom stereocenters. The average Bonchev–Trinajstić information content (AvgIpc) is 2.69. The Labute approximate surface area is 163 Å². The Balaban J connectivity index is 1.70. The van der Waals surface area contributed by atoms with Gasteiger partial charge in [-0.05, 0) is 41.0 Å². The Morgan fingerprint density at radius 2 is 1.44 bits per heavy atom. The molecule has 0 bridgehead atoms. The lowest BCUT2D eigenvalue weighted by atomic mass is 10.0. The van der Waals surface area contributed by atoms with Gasteiger partial charge in [-0.15, -0.1) is 0 Å². The van der Waals surface area contributed by atoms with Crippen molar-refractivity contribution in [1.29, 1.82) is 0 Å². The summed E-state index contributed by atoms with van der Waals surface area (Å²) in [5.41, 5.74) is 8.88. The van der Waals surface area contributed by atoms with Gasteiger partial charge in [0.25, 0.3) is 5.91 Å². The van der Waals surface area contributed by atoms with Crippen LogP contribution in [0.4, 0.5) is 0 Å². The van der Waals surface area contributed by atoms with E-state index in [4.69, 9.17) is 17.3 Å². The first-order valence-corrected chi connectivity index (χ1v) is 8.91. The van der Waals surface area contributed by atoms with Crippen LogP contribution in [0.5, 0.6) is 0 Å². The molecule has 3 aromatic carbocycles. The molecule has 0 heterocycles. The summed E-state index contributed by atoms with van der Waals surface area (Å²) in [7, 11) is 0. The predicted octanol–water partition coefficient (Wildman–Crippen LogP) is 3.83. The van der Waals surface area contributed by atoms with Crippen molar-refractivity contribution in [2.75, 3.05) is 0 Å². The summed E-state index contributed by atoms with van der Waals surface area (Å²) in [5.74, 6) is -0.924. The number of nitrogens with two attached hydrogens (primary N) is 1. The molecule has 27 heavy (non-hydrogen) atoms. The molecule has 3 aromatic rings. The van der Waals surface area contributed by atoms with E-state index in [9.17, 15) is 9.59 Å². The lowest BCUT2D eigenvalue weighted by Crippen LogP contribution is -2.45. The van der Waals surface area contributed by atoms with E-state index in [1.807, 2.05) is 42.5 Å². The SMILES string of the molecule is NC(=O)[C@H](Cc1ccc(Cl)cc1)NC(=O)c1ccc(-c2ccccc2)cc1. The van der Waals surface area contributed by atoms with Crippen LogP contribution in [0.15, 0.2) is 78.9 Å². The maximum atomic E-state index is 12.5. The average molecular weight is 379 g/mol. The maximum Gasteiger partial charge on any atom is 0.251 e. The number of amides is 2. The van der Waals surface area contributed by atoms with Crippen LogP contribution in [0.2, 0.25) is 5.02 Å². The first-order valence-electron chi connectivity index (χ1n) is 8.53. The Bertz CT molecular complexity index is 923. The number of benzene rings is 3. The zero-order valence-electron chi connectivity index (χ0n) is 14.6. The summed E-state index contributed by atoms with van der Waals surface area (Å²) >= 11 is 5.87. The van der Waals surface area contributed by atoms with Crippen molar-refractivity contribution in [3.8, 4) is 11.1 Å². The maximum absolute atomic E-state index is 12.5. The van der Waals surface area contributed by atoms with Gasteiger partial charge in [0, 0.05) is 17.0 Å². The van der Waals surface area contributed by atoms with Crippen molar-refractivity contribution in [3.63, 3.8) is 0 Å². The molecular formula is C22H19ClN2O2. The molecular weight excluding hydrogens is 360 g/mol. The summed E-state index contributed by atoms with van der Waals surface area (Å²) in [6, 6.07) is 23.4. The van der Waals surface area contributed by atoms with Crippen LogP contribution in [-0.4, -0.2) is 17.9 Å². The van der Waals surface area contributed by atoms with Crippen LogP contribution in [0, 0.1) is 0 Å². The molecule has 0 radical (unpaired) electrons. The third-order valence-corrected chi connectivity index (χ3v) is 4.51. The highest BCUT2D eigenvalue weighted by atomic mass is 35.5. The van der Waals surface area contributed by atoms with Crippen molar-refractivity contribution >= 4 is 23.4 Å². The third-order valence-electron chi connectivity index (χ3n) is 4.26. The molecule has 0 aromatic heterocycles. The van der Waals surface area contributed by atoms with Gasteiger partial charge >= 0.3 is 0 Å². The molecule has 0 fully saturated rings. The molecule has 0 unspecified atom stereocenters. The van der Waals surface area contributed by atoms with Gasteiger partial charge < -0.3 is 11.1 Å². The third kappa shape index (κ3) is 4.96. The Hall–Kier alpha value is -3.11. The van der Waals surface area contributed by atoms with Crippen LogP contribution in [0.1, 0.15) is 15.9 Å². The summed E-state index contributed by atoms with van der Waals surface area (Å²) in [4.78, 5) is 24.3. The van der Waals surface area contributed by atoms with Crippen LogP contribution < -0.4 is 11.1 Å². The Morgan fingerprint density at radius 3 is 2.04 bits per heavy atom. The molecule has 0 saturated heterocycles. The lowest BCUT2D eigenvalue weighted by molar-refractivity contribution is -0.119. The van der Waals surface area contributed by atoms with Crippen LogP contribution in [0.3, 0.4) is 0 Å². The minimum Gasteiger partial charge on any atom is -0.368 e. The summed E-state index contributed by atoms with van der Waals surface area (Å²) < 4.78 is 0. The zero-order chi connectivity index (χ0) is 19.2. The number of halogens is 1. The van der Waals surface area contributed by atoms with E-state index in [1.54, 1.807) is 36.4 Å². The van der Waals surface area contributed by atoms with Gasteiger partial charge in [-0.25, -0.2) is 0 Å². The van der Waals surface area contributed by atoms with Gasteiger partial charge in [-0.3, -0.25) is 9.59 Å². The van der Waals surface area contributed by atoms with E-state index in [0.29, 0.717) is 17.0 Å². The second-order valence-electron chi connectivity index (χ2n) is 6.20. The fourth-order valence-corrected chi connectivity index (χ4v) is 2.89. The number of primary amides is 1. The lowest BCUT2D eigenvalue weighted by Gasteiger charge is -2.16. The fraction of sp³-hybridized carbons (Fsp3) is 0.0909. The van der Waals surface area contributed by atoms with Gasteiger partial charge in [0.2, 0.25) is 5.91 Å². The largest absolute Gasteiger partial charge is 0.368 e. The standard InChI is InChI=1S/C22H19ClN2O2/c23-19-12-6-15(7-13-19)14-20(21(24)26)25-22(27)18-10-8-17(9-11-18)16-4-2-1-3-5-16/h1-13,20H,14H2,(H2,24,26)(H,25,27)/t20-/m0/s1. The number of hydrogen-bond acceptors (Lipinski definition) is 2. The minimum absolute atomic E-state index is 0.306. The molecule has 5 heteroatoms. The molecule has 2 amide bonds. The monoisotopic (exact) mass is 378 g/mol. The number of rotatable bonds is 6. The molecule has 3 N–H and O–H groups in total. The second-order valence-corrected chi connectivity index (χ2v) is 6.64. The van der Waals surface area contributed by atoms with E-state index in [0.717, 1.165) is 16.7 Å².